The Bertz CT molecular complexity index is 3520. The molecule has 55 heavy (non-hydrogen) atoms. The number of nitrogens with zero attached hydrogens (tertiary/aromatic N) is 2. The highest BCUT2D eigenvalue weighted by atomic mass is 32.1. The first-order valence-corrected chi connectivity index (χ1v) is 19.8. The van der Waals surface area contributed by atoms with E-state index in [1.165, 1.54) is 119 Å². The van der Waals surface area contributed by atoms with Gasteiger partial charge in [0.2, 0.25) is 0 Å². The Hall–Kier alpha value is -6.94. The van der Waals surface area contributed by atoms with Crippen LogP contribution in [0, 0.1) is 0 Å². The fourth-order valence-electron chi connectivity index (χ4n) is 9.75. The van der Waals surface area contributed by atoms with Gasteiger partial charge in [-0.05, 0) is 93.2 Å². The predicted octanol–water partition coefficient (Wildman–Crippen LogP) is 14.7. The summed E-state index contributed by atoms with van der Waals surface area (Å²) in [5.74, 6) is 0. The SMILES string of the molecule is c1ccc2c(c1)-c1cccc3ccc4c(c13)c1c-2c2c(cc1n4-c1ccc(-c3ccc(-n4c5ccccc5c5ccccc54)cc3)cc1)sc1ccccc12. The summed E-state index contributed by atoms with van der Waals surface area (Å²) in [4.78, 5) is 0. The van der Waals surface area contributed by atoms with E-state index in [1.807, 2.05) is 11.3 Å². The van der Waals surface area contributed by atoms with Gasteiger partial charge in [0, 0.05) is 58.7 Å². The van der Waals surface area contributed by atoms with E-state index in [0.29, 0.717) is 0 Å². The van der Waals surface area contributed by atoms with Crippen LogP contribution < -0.4 is 0 Å². The molecule has 0 spiro atoms. The van der Waals surface area contributed by atoms with Crippen LogP contribution in [0.3, 0.4) is 0 Å². The first-order chi connectivity index (χ1) is 27.3. The third-order valence-corrected chi connectivity index (χ3v) is 13.2. The monoisotopic (exact) mass is 714 g/mol. The lowest BCUT2D eigenvalue weighted by Crippen LogP contribution is -1.95. The molecule has 0 aliphatic heterocycles. The normalized spacial score (nSPS) is 12.4. The number of thiophene rings is 1. The molecule has 3 aromatic heterocycles. The lowest BCUT2D eigenvalue weighted by molar-refractivity contribution is 1.18. The number of rotatable bonds is 3. The summed E-state index contributed by atoms with van der Waals surface area (Å²) in [5.41, 5.74) is 15.0. The Morgan fingerprint density at radius 1 is 0.327 bits per heavy atom. The van der Waals surface area contributed by atoms with E-state index in [1.54, 1.807) is 0 Å². The van der Waals surface area contributed by atoms with Gasteiger partial charge in [-0.25, -0.2) is 0 Å². The molecule has 1 aliphatic rings. The molecule has 3 heterocycles. The zero-order valence-corrected chi connectivity index (χ0v) is 30.4. The van der Waals surface area contributed by atoms with Crippen LogP contribution in [0.5, 0.6) is 0 Å². The van der Waals surface area contributed by atoms with Crippen molar-refractivity contribution in [2.45, 2.75) is 0 Å². The minimum absolute atomic E-state index is 1.17. The van der Waals surface area contributed by atoms with Crippen LogP contribution in [0.15, 0.2) is 182 Å². The number of fused-ring (bicyclic) bond motifs is 10. The van der Waals surface area contributed by atoms with E-state index < -0.39 is 0 Å². The lowest BCUT2D eigenvalue weighted by atomic mass is 9.91. The van der Waals surface area contributed by atoms with Crippen molar-refractivity contribution in [2.24, 2.45) is 0 Å². The maximum absolute atomic E-state index is 2.51. The molecule has 254 valence electrons. The summed E-state index contributed by atoms with van der Waals surface area (Å²) in [5, 5.41) is 10.6. The van der Waals surface area contributed by atoms with Gasteiger partial charge in [-0.3, -0.25) is 0 Å². The molecular weight excluding hydrogens is 685 g/mol. The van der Waals surface area contributed by atoms with Gasteiger partial charge >= 0.3 is 0 Å². The smallest absolute Gasteiger partial charge is 0.0562 e. The third-order valence-electron chi connectivity index (χ3n) is 12.1. The van der Waals surface area contributed by atoms with Gasteiger partial charge < -0.3 is 9.13 Å². The Balaban J connectivity index is 1.02. The zero-order valence-electron chi connectivity index (χ0n) is 29.6. The van der Waals surface area contributed by atoms with Crippen molar-refractivity contribution in [1.29, 1.82) is 0 Å². The van der Waals surface area contributed by atoms with E-state index in [2.05, 4.69) is 191 Å². The Morgan fingerprint density at radius 3 is 1.62 bits per heavy atom. The average Bonchev–Trinajstić information content (AvgIpc) is 3.87. The molecule has 3 heteroatoms. The highest BCUT2D eigenvalue weighted by Gasteiger charge is 2.28. The molecule has 0 radical (unpaired) electrons. The molecule has 13 rings (SSSR count). The first-order valence-electron chi connectivity index (χ1n) is 18.9. The van der Waals surface area contributed by atoms with Crippen molar-refractivity contribution in [3.05, 3.63) is 182 Å². The maximum Gasteiger partial charge on any atom is 0.0562 e. The molecule has 12 aromatic rings. The minimum Gasteiger partial charge on any atom is -0.309 e. The van der Waals surface area contributed by atoms with Crippen LogP contribution in [-0.4, -0.2) is 9.13 Å². The highest BCUT2D eigenvalue weighted by Crippen LogP contribution is 2.54. The molecule has 0 saturated carbocycles. The second-order valence-corrected chi connectivity index (χ2v) is 15.9. The second kappa shape index (κ2) is 10.8. The van der Waals surface area contributed by atoms with Gasteiger partial charge in [0.05, 0.1) is 22.1 Å². The minimum atomic E-state index is 1.17. The molecule has 0 fully saturated rings. The van der Waals surface area contributed by atoms with Crippen molar-refractivity contribution in [2.75, 3.05) is 0 Å². The summed E-state index contributed by atoms with van der Waals surface area (Å²) in [7, 11) is 0. The topological polar surface area (TPSA) is 9.86 Å². The molecule has 2 nitrogen and oxygen atoms in total. The largest absolute Gasteiger partial charge is 0.309 e. The van der Waals surface area contributed by atoms with Gasteiger partial charge in [0.25, 0.3) is 0 Å². The molecule has 0 unspecified atom stereocenters. The molecule has 0 amide bonds. The predicted molar refractivity (Wildman–Crippen MR) is 235 cm³/mol. The van der Waals surface area contributed by atoms with E-state index in [4.69, 9.17) is 0 Å². The number of para-hydroxylation sites is 2. The van der Waals surface area contributed by atoms with E-state index in [9.17, 15) is 0 Å². The second-order valence-electron chi connectivity index (χ2n) is 14.8. The van der Waals surface area contributed by atoms with Gasteiger partial charge in [-0.1, -0.05) is 127 Å². The van der Waals surface area contributed by atoms with Crippen LogP contribution in [0.2, 0.25) is 0 Å². The third kappa shape index (κ3) is 3.92. The van der Waals surface area contributed by atoms with Gasteiger partial charge in [0.15, 0.2) is 0 Å². The summed E-state index contributed by atoms with van der Waals surface area (Å²) in [6, 6.07) is 67.5. The van der Waals surface area contributed by atoms with Crippen molar-refractivity contribution in [1.82, 2.24) is 9.13 Å². The van der Waals surface area contributed by atoms with E-state index >= 15 is 0 Å². The van der Waals surface area contributed by atoms with E-state index in [0.717, 1.165) is 0 Å². The van der Waals surface area contributed by atoms with Gasteiger partial charge in [0.1, 0.15) is 0 Å². The summed E-state index contributed by atoms with van der Waals surface area (Å²) in [6.07, 6.45) is 0. The molecule has 9 aromatic carbocycles. The fraction of sp³-hybridized carbons (Fsp3) is 0. The van der Waals surface area contributed by atoms with Gasteiger partial charge in [-0.2, -0.15) is 0 Å². The lowest BCUT2D eigenvalue weighted by Gasteiger charge is -2.15. The summed E-state index contributed by atoms with van der Waals surface area (Å²) < 4.78 is 7.54. The Kier molecular flexibility index (Phi) is 5.80. The molecule has 1 aliphatic carbocycles. The van der Waals surface area contributed by atoms with Crippen LogP contribution in [0.1, 0.15) is 0 Å². The Labute approximate surface area is 320 Å². The maximum atomic E-state index is 2.51. The Morgan fingerprint density at radius 2 is 0.909 bits per heavy atom. The van der Waals surface area contributed by atoms with Crippen LogP contribution >= 0.6 is 11.3 Å². The summed E-state index contributed by atoms with van der Waals surface area (Å²) >= 11 is 1.90. The molecule has 0 atom stereocenters. The average molecular weight is 715 g/mol. The number of hydrogen-bond acceptors (Lipinski definition) is 1. The van der Waals surface area contributed by atoms with Crippen LogP contribution in [0.25, 0.3) is 119 Å². The fourth-order valence-corrected chi connectivity index (χ4v) is 10.9. The number of hydrogen-bond donors (Lipinski definition) is 0. The standard InChI is InChI=1S/C52H30N2S/c1-2-14-40-36(11-1)39-16-9-10-33-24-29-44-51(48(33)39)52-45(30-47-49(50(40)52)41-15-5-8-19-46(41)55-47)54(44)35-27-22-32(23-28-35)31-20-25-34(26-21-31)53-42-17-6-3-12-37(42)38-13-4-7-18-43(38)53/h1-30H. The van der Waals surface area contributed by atoms with Crippen molar-refractivity contribution in [3.8, 4) is 44.8 Å². The molecule has 0 saturated heterocycles. The molecule has 0 N–H and O–H groups in total. The highest BCUT2D eigenvalue weighted by molar-refractivity contribution is 7.26. The van der Waals surface area contributed by atoms with E-state index in [-0.39, 0.29) is 0 Å². The molecule has 0 bridgehead atoms. The number of benzene rings is 9. The summed E-state index contributed by atoms with van der Waals surface area (Å²) in [6.45, 7) is 0. The van der Waals surface area contributed by atoms with Crippen LogP contribution in [-0.2, 0) is 0 Å². The quantitative estimate of drug-likeness (QED) is 0.172. The molecular formula is C52H30N2S. The number of aromatic nitrogens is 2. The first kappa shape index (κ1) is 29.5. The zero-order chi connectivity index (χ0) is 35.8. The van der Waals surface area contributed by atoms with Crippen LogP contribution in [0.4, 0.5) is 0 Å². The van der Waals surface area contributed by atoms with Crippen molar-refractivity contribution in [3.63, 3.8) is 0 Å². The van der Waals surface area contributed by atoms with Crippen molar-refractivity contribution < 1.29 is 0 Å². The van der Waals surface area contributed by atoms with Gasteiger partial charge in [-0.15, -0.1) is 11.3 Å². The van der Waals surface area contributed by atoms with Crippen molar-refractivity contribution >= 4 is 85.9 Å².